The summed E-state index contributed by atoms with van der Waals surface area (Å²) < 4.78 is 0. The van der Waals surface area contributed by atoms with Crippen LogP contribution in [0.1, 0.15) is 24.1 Å². The van der Waals surface area contributed by atoms with Gasteiger partial charge in [0, 0.05) is 5.56 Å². The zero-order valence-electron chi connectivity index (χ0n) is 16.5. The summed E-state index contributed by atoms with van der Waals surface area (Å²) in [6, 6.07) is 27.3. The van der Waals surface area contributed by atoms with E-state index in [1.54, 1.807) is 6.21 Å². The monoisotopic (exact) mass is 395 g/mol. The van der Waals surface area contributed by atoms with Crippen LogP contribution in [0.4, 0.5) is 0 Å². The molecule has 30 heavy (non-hydrogen) atoms. The number of carbonyl (C=O) groups excluding carboxylic acids is 2. The van der Waals surface area contributed by atoms with Gasteiger partial charge in [-0.05, 0) is 40.1 Å². The quantitative estimate of drug-likeness (QED) is 0.234. The highest BCUT2D eigenvalue weighted by atomic mass is 16.2. The second-order valence-corrected chi connectivity index (χ2v) is 7.04. The zero-order valence-corrected chi connectivity index (χ0v) is 16.5. The third-order valence-corrected chi connectivity index (χ3v) is 5.03. The summed E-state index contributed by atoms with van der Waals surface area (Å²) in [5.41, 5.74) is 4.15. The van der Waals surface area contributed by atoms with Gasteiger partial charge in [-0.1, -0.05) is 78.9 Å². The van der Waals surface area contributed by atoms with Gasteiger partial charge in [0.2, 0.25) is 0 Å². The van der Waals surface area contributed by atoms with Crippen molar-refractivity contribution in [2.45, 2.75) is 13.0 Å². The smallest absolute Gasteiger partial charge is 0.329 e. The molecular formula is C25H21N3O2. The third-order valence-electron chi connectivity index (χ3n) is 5.03. The molecule has 0 aliphatic rings. The number of hydrazone groups is 1. The summed E-state index contributed by atoms with van der Waals surface area (Å²) >= 11 is 0. The highest BCUT2D eigenvalue weighted by Gasteiger charge is 2.16. The van der Waals surface area contributed by atoms with E-state index in [1.807, 2.05) is 85.8 Å². The summed E-state index contributed by atoms with van der Waals surface area (Å²) in [6.07, 6.45) is 1.59. The van der Waals surface area contributed by atoms with Crippen molar-refractivity contribution in [3.63, 3.8) is 0 Å². The SMILES string of the molecule is C[C@H](NC(=O)C(=O)N/N=C\c1c2ccccc2cc2ccccc12)c1ccccc1. The normalized spacial score (nSPS) is 12.2. The summed E-state index contributed by atoms with van der Waals surface area (Å²) in [4.78, 5) is 24.4. The Balaban J connectivity index is 1.52. The van der Waals surface area contributed by atoms with Crippen LogP contribution in [0.25, 0.3) is 21.5 Å². The molecule has 1 atom stereocenters. The molecule has 5 nitrogen and oxygen atoms in total. The largest absolute Gasteiger partial charge is 0.341 e. The molecule has 0 aliphatic carbocycles. The molecule has 0 radical (unpaired) electrons. The molecule has 4 aromatic carbocycles. The van der Waals surface area contributed by atoms with Gasteiger partial charge in [0.05, 0.1) is 12.3 Å². The highest BCUT2D eigenvalue weighted by Crippen LogP contribution is 2.27. The van der Waals surface area contributed by atoms with Gasteiger partial charge in [0.25, 0.3) is 0 Å². The van der Waals surface area contributed by atoms with Crippen LogP contribution in [0, 0.1) is 0 Å². The fourth-order valence-electron chi connectivity index (χ4n) is 3.48. The van der Waals surface area contributed by atoms with E-state index in [4.69, 9.17) is 0 Å². The van der Waals surface area contributed by atoms with Gasteiger partial charge in [-0.2, -0.15) is 5.10 Å². The minimum atomic E-state index is -0.807. The lowest BCUT2D eigenvalue weighted by Crippen LogP contribution is -2.39. The Morgan fingerprint density at radius 1 is 0.800 bits per heavy atom. The van der Waals surface area contributed by atoms with Crippen molar-refractivity contribution in [2.75, 3.05) is 0 Å². The van der Waals surface area contributed by atoms with Crippen molar-refractivity contribution in [3.05, 3.63) is 96.1 Å². The van der Waals surface area contributed by atoms with E-state index >= 15 is 0 Å². The lowest BCUT2D eigenvalue weighted by Gasteiger charge is -2.13. The van der Waals surface area contributed by atoms with Gasteiger partial charge < -0.3 is 5.32 Å². The van der Waals surface area contributed by atoms with E-state index in [0.29, 0.717) is 0 Å². The average Bonchev–Trinajstić information content (AvgIpc) is 2.79. The molecule has 0 aliphatic heterocycles. The number of hydrogen-bond donors (Lipinski definition) is 2. The molecule has 2 N–H and O–H groups in total. The summed E-state index contributed by atoms with van der Waals surface area (Å²) in [5.74, 6) is -1.54. The summed E-state index contributed by atoms with van der Waals surface area (Å²) in [5, 5.41) is 10.9. The predicted molar refractivity (Wildman–Crippen MR) is 120 cm³/mol. The van der Waals surface area contributed by atoms with Crippen molar-refractivity contribution >= 4 is 39.6 Å². The Hall–Kier alpha value is -3.99. The van der Waals surface area contributed by atoms with E-state index in [0.717, 1.165) is 32.7 Å². The molecular weight excluding hydrogens is 374 g/mol. The number of rotatable bonds is 4. The van der Waals surface area contributed by atoms with Crippen molar-refractivity contribution in [1.29, 1.82) is 0 Å². The Morgan fingerprint density at radius 3 is 2.00 bits per heavy atom. The highest BCUT2D eigenvalue weighted by molar-refractivity contribution is 6.35. The molecule has 0 saturated heterocycles. The standard InChI is InChI=1S/C25H21N3O2/c1-17(18-9-3-2-4-10-18)27-24(29)25(30)28-26-16-23-21-13-7-5-11-19(21)15-20-12-6-8-14-22(20)23/h2-17H,1H3,(H,27,29)(H,28,30)/b26-16-/t17-/m0/s1. The number of fused-ring (bicyclic) bond motifs is 2. The van der Waals surface area contributed by atoms with E-state index in [1.165, 1.54) is 0 Å². The zero-order chi connectivity index (χ0) is 20.9. The number of benzene rings is 4. The van der Waals surface area contributed by atoms with Gasteiger partial charge >= 0.3 is 11.8 Å². The molecule has 5 heteroatoms. The van der Waals surface area contributed by atoms with Crippen LogP contribution in [0.5, 0.6) is 0 Å². The maximum atomic E-state index is 12.2. The minimum absolute atomic E-state index is 0.282. The van der Waals surface area contributed by atoms with E-state index < -0.39 is 11.8 Å². The van der Waals surface area contributed by atoms with Crippen molar-refractivity contribution < 1.29 is 9.59 Å². The topological polar surface area (TPSA) is 70.6 Å². The Labute approximate surface area is 174 Å². The maximum absolute atomic E-state index is 12.2. The molecule has 0 spiro atoms. The fraction of sp³-hybridized carbons (Fsp3) is 0.0800. The molecule has 0 bridgehead atoms. The number of nitrogens with one attached hydrogen (secondary N) is 2. The molecule has 148 valence electrons. The second kappa shape index (κ2) is 8.57. The lowest BCUT2D eigenvalue weighted by molar-refractivity contribution is -0.139. The molecule has 0 saturated carbocycles. The minimum Gasteiger partial charge on any atom is -0.341 e. The van der Waals surface area contributed by atoms with Crippen LogP contribution in [-0.2, 0) is 9.59 Å². The average molecular weight is 395 g/mol. The van der Waals surface area contributed by atoms with Crippen LogP contribution >= 0.6 is 0 Å². The first-order chi connectivity index (χ1) is 14.6. The Morgan fingerprint density at radius 2 is 1.37 bits per heavy atom. The number of amides is 2. The first-order valence-corrected chi connectivity index (χ1v) is 9.73. The van der Waals surface area contributed by atoms with E-state index in [2.05, 4.69) is 21.9 Å². The first kappa shape index (κ1) is 19.3. The second-order valence-electron chi connectivity index (χ2n) is 7.04. The van der Waals surface area contributed by atoms with Gasteiger partial charge in [-0.25, -0.2) is 5.43 Å². The first-order valence-electron chi connectivity index (χ1n) is 9.73. The van der Waals surface area contributed by atoms with Gasteiger partial charge in [-0.3, -0.25) is 9.59 Å². The van der Waals surface area contributed by atoms with Crippen LogP contribution in [0.3, 0.4) is 0 Å². The number of nitrogens with zero attached hydrogens (tertiary/aromatic N) is 1. The van der Waals surface area contributed by atoms with Gasteiger partial charge in [-0.15, -0.1) is 0 Å². The van der Waals surface area contributed by atoms with E-state index in [9.17, 15) is 9.59 Å². The Kier molecular flexibility index (Phi) is 5.52. The molecule has 0 aromatic heterocycles. The third kappa shape index (κ3) is 4.05. The van der Waals surface area contributed by atoms with Gasteiger partial charge in [0.15, 0.2) is 0 Å². The van der Waals surface area contributed by atoms with Crippen molar-refractivity contribution in [1.82, 2.24) is 10.7 Å². The molecule has 0 heterocycles. The van der Waals surface area contributed by atoms with E-state index in [-0.39, 0.29) is 6.04 Å². The Bertz CT molecular complexity index is 1200. The number of carbonyl (C=O) groups is 2. The van der Waals surface area contributed by atoms with Crippen LogP contribution in [0.15, 0.2) is 90.0 Å². The van der Waals surface area contributed by atoms with Gasteiger partial charge in [0.1, 0.15) is 0 Å². The predicted octanol–water partition coefficient (Wildman–Crippen LogP) is 4.32. The summed E-state index contributed by atoms with van der Waals surface area (Å²) in [7, 11) is 0. The lowest BCUT2D eigenvalue weighted by atomic mass is 9.97. The number of hydrogen-bond acceptors (Lipinski definition) is 3. The van der Waals surface area contributed by atoms with Crippen LogP contribution < -0.4 is 10.7 Å². The van der Waals surface area contributed by atoms with Crippen molar-refractivity contribution in [3.8, 4) is 0 Å². The summed E-state index contributed by atoms with van der Waals surface area (Å²) in [6.45, 7) is 1.83. The van der Waals surface area contributed by atoms with Crippen LogP contribution in [-0.4, -0.2) is 18.0 Å². The molecule has 4 aromatic rings. The molecule has 2 amide bonds. The van der Waals surface area contributed by atoms with Crippen molar-refractivity contribution in [2.24, 2.45) is 5.10 Å². The maximum Gasteiger partial charge on any atom is 0.329 e. The molecule has 0 fully saturated rings. The fourth-order valence-corrected chi connectivity index (χ4v) is 3.48. The van der Waals surface area contributed by atoms with Crippen LogP contribution in [0.2, 0.25) is 0 Å². The molecule has 4 rings (SSSR count). The molecule has 0 unspecified atom stereocenters.